The monoisotopic (exact) mass is 302 g/mol. The first-order valence-electron chi connectivity index (χ1n) is 8.40. The van der Waals surface area contributed by atoms with Crippen LogP contribution >= 0.6 is 0 Å². The summed E-state index contributed by atoms with van der Waals surface area (Å²) in [5.74, 6) is 0.840. The van der Waals surface area contributed by atoms with E-state index in [1.165, 1.54) is 31.2 Å². The van der Waals surface area contributed by atoms with Crippen molar-refractivity contribution in [2.45, 2.75) is 38.3 Å². The molecule has 1 heterocycles. The van der Waals surface area contributed by atoms with E-state index in [0.717, 1.165) is 25.6 Å². The zero-order valence-corrected chi connectivity index (χ0v) is 13.1. The zero-order chi connectivity index (χ0) is 15.4. The number of nitrogens with zero attached hydrogens (tertiary/aromatic N) is 1. The van der Waals surface area contributed by atoms with Crippen LogP contribution in [0.4, 0.5) is 0 Å². The lowest BCUT2D eigenvalue weighted by Gasteiger charge is -2.37. The van der Waals surface area contributed by atoms with Crippen molar-refractivity contribution in [1.82, 2.24) is 10.2 Å². The summed E-state index contributed by atoms with van der Waals surface area (Å²) in [5, 5.41) is 12.7. The molecule has 1 aliphatic carbocycles. The number of likely N-dealkylation sites (tertiary alicyclic amines) is 1. The number of carboxylic acid groups (broad SMARTS) is 1. The van der Waals surface area contributed by atoms with E-state index in [1.54, 1.807) is 0 Å². The largest absolute Gasteiger partial charge is 0.480 e. The summed E-state index contributed by atoms with van der Waals surface area (Å²) in [6.07, 6.45) is 5.20. The van der Waals surface area contributed by atoms with Crippen LogP contribution in [0.5, 0.6) is 0 Å². The number of piperidine rings is 1. The average molecular weight is 302 g/mol. The standard InChI is InChI=1S/C18H26N2O2/c21-18(22)13-20-11-16(8-14-6-7-14)9-17(12-20)19-10-15-4-2-1-3-5-15/h1-5,14,16-17,19H,6-13H2,(H,21,22). The quantitative estimate of drug-likeness (QED) is 0.812. The Bertz CT molecular complexity index is 487. The van der Waals surface area contributed by atoms with Crippen molar-refractivity contribution < 1.29 is 9.90 Å². The van der Waals surface area contributed by atoms with Gasteiger partial charge in [0.2, 0.25) is 0 Å². The molecule has 1 aromatic carbocycles. The Morgan fingerprint density at radius 3 is 2.64 bits per heavy atom. The maximum Gasteiger partial charge on any atom is 0.317 e. The van der Waals surface area contributed by atoms with E-state index in [-0.39, 0.29) is 6.54 Å². The number of rotatable bonds is 7. The molecule has 22 heavy (non-hydrogen) atoms. The molecule has 120 valence electrons. The Morgan fingerprint density at radius 2 is 1.95 bits per heavy atom. The van der Waals surface area contributed by atoms with E-state index in [9.17, 15) is 4.79 Å². The zero-order valence-electron chi connectivity index (χ0n) is 13.1. The second-order valence-corrected chi connectivity index (χ2v) is 6.93. The maximum atomic E-state index is 11.0. The fourth-order valence-electron chi connectivity index (χ4n) is 3.62. The average Bonchev–Trinajstić information content (AvgIpc) is 3.29. The number of carboxylic acids is 1. The Labute approximate surface area is 132 Å². The smallest absolute Gasteiger partial charge is 0.317 e. The molecule has 1 saturated heterocycles. The maximum absolute atomic E-state index is 11.0. The van der Waals surface area contributed by atoms with Gasteiger partial charge < -0.3 is 10.4 Å². The molecule has 2 fully saturated rings. The molecule has 0 bridgehead atoms. The second-order valence-electron chi connectivity index (χ2n) is 6.93. The first-order chi connectivity index (χ1) is 10.7. The van der Waals surface area contributed by atoms with Crippen LogP contribution < -0.4 is 5.32 Å². The van der Waals surface area contributed by atoms with Crippen LogP contribution in [0.15, 0.2) is 30.3 Å². The fraction of sp³-hybridized carbons (Fsp3) is 0.611. The summed E-state index contributed by atoms with van der Waals surface area (Å²) >= 11 is 0. The highest BCUT2D eigenvalue weighted by Crippen LogP contribution is 2.37. The van der Waals surface area contributed by atoms with E-state index in [1.807, 2.05) is 6.07 Å². The molecule has 3 rings (SSSR count). The molecule has 1 aliphatic heterocycles. The first-order valence-corrected chi connectivity index (χ1v) is 8.40. The summed E-state index contributed by atoms with van der Waals surface area (Å²) in [6, 6.07) is 10.8. The molecule has 1 aromatic rings. The van der Waals surface area contributed by atoms with Crippen molar-refractivity contribution in [3.63, 3.8) is 0 Å². The van der Waals surface area contributed by atoms with Gasteiger partial charge in [-0.15, -0.1) is 0 Å². The van der Waals surface area contributed by atoms with Gasteiger partial charge >= 0.3 is 5.97 Å². The van der Waals surface area contributed by atoms with Crippen LogP contribution in [-0.2, 0) is 11.3 Å². The van der Waals surface area contributed by atoms with Gasteiger partial charge in [-0.1, -0.05) is 43.2 Å². The lowest BCUT2D eigenvalue weighted by molar-refractivity contribution is -0.138. The predicted molar refractivity (Wildman–Crippen MR) is 86.6 cm³/mol. The third kappa shape index (κ3) is 4.82. The molecular formula is C18H26N2O2. The minimum atomic E-state index is -0.714. The summed E-state index contributed by atoms with van der Waals surface area (Å²) in [6.45, 7) is 2.83. The molecule has 2 N–H and O–H groups in total. The normalized spacial score (nSPS) is 26.0. The van der Waals surface area contributed by atoms with E-state index in [4.69, 9.17) is 5.11 Å². The number of hydrogen-bond donors (Lipinski definition) is 2. The molecule has 2 unspecified atom stereocenters. The highest BCUT2D eigenvalue weighted by molar-refractivity contribution is 5.69. The van der Waals surface area contributed by atoms with Gasteiger partial charge in [-0.25, -0.2) is 0 Å². The summed E-state index contributed by atoms with van der Waals surface area (Å²) in [7, 11) is 0. The summed E-state index contributed by atoms with van der Waals surface area (Å²) in [4.78, 5) is 13.1. The molecule has 4 heteroatoms. The molecule has 0 radical (unpaired) electrons. The Kier molecular flexibility index (Phi) is 5.11. The van der Waals surface area contributed by atoms with Crippen LogP contribution in [0, 0.1) is 11.8 Å². The van der Waals surface area contributed by atoms with Gasteiger partial charge in [0.15, 0.2) is 0 Å². The number of benzene rings is 1. The van der Waals surface area contributed by atoms with Crippen LogP contribution in [0.25, 0.3) is 0 Å². The van der Waals surface area contributed by atoms with Gasteiger partial charge in [-0.2, -0.15) is 0 Å². The van der Waals surface area contributed by atoms with E-state index >= 15 is 0 Å². The highest BCUT2D eigenvalue weighted by Gasteiger charge is 2.32. The second kappa shape index (κ2) is 7.25. The van der Waals surface area contributed by atoms with Gasteiger partial charge in [0.05, 0.1) is 6.54 Å². The van der Waals surface area contributed by atoms with Crippen LogP contribution in [-0.4, -0.2) is 41.7 Å². The SMILES string of the molecule is O=C(O)CN1CC(CC2CC2)CC(NCc2ccccc2)C1. The number of hydrogen-bond acceptors (Lipinski definition) is 3. The topological polar surface area (TPSA) is 52.6 Å². The van der Waals surface area contributed by atoms with E-state index < -0.39 is 5.97 Å². The first kappa shape index (κ1) is 15.5. The molecular weight excluding hydrogens is 276 g/mol. The number of aliphatic carboxylic acids is 1. The molecule has 2 aliphatic rings. The third-order valence-corrected chi connectivity index (χ3v) is 4.77. The summed E-state index contributed by atoms with van der Waals surface area (Å²) in [5.41, 5.74) is 1.29. The Balaban J connectivity index is 1.54. The number of nitrogens with one attached hydrogen (secondary N) is 1. The molecule has 4 nitrogen and oxygen atoms in total. The van der Waals surface area contributed by atoms with Crippen LogP contribution in [0.2, 0.25) is 0 Å². The van der Waals surface area contributed by atoms with E-state index in [2.05, 4.69) is 34.5 Å². The van der Waals surface area contributed by atoms with E-state index in [0.29, 0.717) is 12.0 Å². The fourth-order valence-corrected chi connectivity index (χ4v) is 3.62. The van der Waals surface area contributed by atoms with Crippen molar-refractivity contribution in [3.05, 3.63) is 35.9 Å². The lowest BCUT2D eigenvalue weighted by Crippen LogP contribution is -2.50. The Hall–Kier alpha value is -1.39. The molecule has 1 saturated carbocycles. The van der Waals surface area contributed by atoms with Gasteiger partial charge in [0, 0.05) is 25.7 Å². The molecule has 0 amide bonds. The van der Waals surface area contributed by atoms with Crippen molar-refractivity contribution in [1.29, 1.82) is 0 Å². The molecule has 2 atom stereocenters. The molecule has 0 aromatic heterocycles. The van der Waals surface area contributed by atoms with Gasteiger partial charge in [-0.05, 0) is 30.2 Å². The van der Waals surface area contributed by atoms with Crippen molar-refractivity contribution in [2.24, 2.45) is 11.8 Å². The highest BCUT2D eigenvalue weighted by atomic mass is 16.4. The van der Waals surface area contributed by atoms with Crippen molar-refractivity contribution >= 4 is 5.97 Å². The third-order valence-electron chi connectivity index (χ3n) is 4.77. The van der Waals surface area contributed by atoms with Gasteiger partial charge in [0.25, 0.3) is 0 Å². The predicted octanol–water partition coefficient (Wildman–Crippen LogP) is 2.35. The van der Waals surface area contributed by atoms with Gasteiger partial charge in [0.1, 0.15) is 0 Å². The van der Waals surface area contributed by atoms with Crippen LogP contribution in [0.3, 0.4) is 0 Å². The Morgan fingerprint density at radius 1 is 1.18 bits per heavy atom. The molecule has 0 spiro atoms. The lowest BCUT2D eigenvalue weighted by atomic mass is 9.89. The van der Waals surface area contributed by atoms with Crippen molar-refractivity contribution in [3.8, 4) is 0 Å². The van der Waals surface area contributed by atoms with Gasteiger partial charge in [-0.3, -0.25) is 9.69 Å². The minimum absolute atomic E-state index is 0.171. The minimum Gasteiger partial charge on any atom is -0.480 e. The number of carbonyl (C=O) groups is 1. The van der Waals surface area contributed by atoms with Crippen molar-refractivity contribution in [2.75, 3.05) is 19.6 Å². The summed E-state index contributed by atoms with van der Waals surface area (Å²) < 4.78 is 0. The van der Waals surface area contributed by atoms with Crippen LogP contribution in [0.1, 0.15) is 31.2 Å².